The van der Waals surface area contributed by atoms with Crippen LogP contribution in [0.2, 0.25) is 0 Å². The maximum Gasteiger partial charge on any atom is 0.273 e. The standard InChI is InChI=1S/C27H21FN2O3S2/c1-18-16-30(17-19-8-9-20-5-2-3-6-21(20)13-19)27-22(14-23(28)15-24(18)27)10-11-25(31)29-35(32,33)26-7-4-12-34-26/h2-16H,17H2,1H3,(H,29,31)/b11-10+. The van der Waals surface area contributed by atoms with E-state index in [9.17, 15) is 17.6 Å². The highest BCUT2D eigenvalue weighted by Gasteiger charge is 2.17. The molecule has 0 unspecified atom stereocenters. The molecule has 1 N–H and O–H groups in total. The van der Waals surface area contributed by atoms with Gasteiger partial charge in [-0.15, -0.1) is 11.3 Å². The van der Waals surface area contributed by atoms with Gasteiger partial charge >= 0.3 is 0 Å². The van der Waals surface area contributed by atoms with Crippen molar-refractivity contribution in [2.24, 2.45) is 0 Å². The van der Waals surface area contributed by atoms with Gasteiger partial charge in [-0.1, -0.05) is 42.5 Å². The van der Waals surface area contributed by atoms with Gasteiger partial charge in [-0.3, -0.25) is 4.79 Å². The third-order valence-electron chi connectivity index (χ3n) is 5.74. The molecule has 35 heavy (non-hydrogen) atoms. The molecule has 176 valence electrons. The maximum absolute atomic E-state index is 14.4. The highest BCUT2D eigenvalue weighted by Crippen LogP contribution is 2.28. The van der Waals surface area contributed by atoms with Crippen molar-refractivity contribution in [1.29, 1.82) is 0 Å². The molecule has 0 atom stereocenters. The molecule has 2 heterocycles. The van der Waals surface area contributed by atoms with Crippen molar-refractivity contribution >= 4 is 55.0 Å². The fraction of sp³-hybridized carbons (Fsp3) is 0.0741. The predicted molar refractivity (Wildman–Crippen MR) is 138 cm³/mol. The zero-order valence-electron chi connectivity index (χ0n) is 18.7. The summed E-state index contributed by atoms with van der Waals surface area (Å²) in [6.45, 7) is 2.47. The zero-order valence-corrected chi connectivity index (χ0v) is 20.4. The van der Waals surface area contributed by atoms with Crippen molar-refractivity contribution in [1.82, 2.24) is 9.29 Å². The average molecular weight is 505 g/mol. The highest BCUT2D eigenvalue weighted by molar-refractivity contribution is 7.92. The molecule has 0 saturated heterocycles. The van der Waals surface area contributed by atoms with Crippen LogP contribution in [0.5, 0.6) is 0 Å². The molecule has 0 spiro atoms. The monoisotopic (exact) mass is 504 g/mol. The second-order valence-corrected chi connectivity index (χ2v) is 11.1. The molecule has 0 aliphatic heterocycles. The number of thiophene rings is 1. The number of carbonyl (C=O) groups excluding carboxylic acids is 1. The summed E-state index contributed by atoms with van der Waals surface area (Å²) in [6, 6.07) is 20.2. The first-order chi connectivity index (χ1) is 16.8. The number of amides is 1. The molecule has 0 fully saturated rings. The van der Waals surface area contributed by atoms with Gasteiger partial charge in [0.2, 0.25) is 0 Å². The van der Waals surface area contributed by atoms with Crippen LogP contribution < -0.4 is 4.72 Å². The lowest BCUT2D eigenvalue weighted by Crippen LogP contribution is -2.28. The number of sulfonamides is 1. The van der Waals surface area contributed by atoms with E-state index in [0.29, 0.717) is 12.1 Å². The topological polar surface area (TPSA) is 68.2 Å². The fourth-order valence-corrected chi connectivity index (χ4v) is 6.13. The minimum absolute atomic E-state index is 0.0484. The van der Waals surface area contributed by atoms with E-state index in [1.807, 2.05) is 34.5 Å². The molecule has 5 nitrogen and oxygen atoms in total. The number of fused-ring (bicyclic) bond motifs is 2. The summed E-state index contributed by atoms with van der Waals surface area (Å²) in [5.41, 5.74) is 3.24. The van der Waals surface area contributed by atoms with Crippen LogP contribution in [0, 0.1) is 12.7 Å². The van der Waals surface area contributed by atoms with Crippen LogP contribution in [-0.2, 0) is 21.4 Å². The number of nitrogens with one attached hydrogen (secondary N) is 1. The maximum atomic E-state index is 14.4. The Hall–Kier alpha value is -3.75. The first-order valence-corrected chi connectivity index (χ1v) is 13.2. The third-order valence-corrected chi connectivity index (χ3v) is 8.49. The van der Waals surface area contributed by atoms with E-state index < -0.39 is 21.7 Å². The summed E-state index contributed by atoms with van der Waals surface area (Å²) in [5.74, 6) is -1.24. The number of halogens is 1. The molecule has 8 heteroatoms. The molecule has 0 aliphatic carbocycles. The van der Waals surface area contributed by atoms with Crippen molar-refractivity contribution in [3.8, 4) is 0 Å². The van der Waals surface area contributed by atoms with E-state index >= 15 is 0 Å². The smallest absolute Gasteiger partial charge is 0.273 e. The first-order valence-electron chi connectivity index (χ1n) is 10.9. The Kier molecular flexibility index (Phi) is 6.00. The zero-order chi connectivity index (χ0) is 24.6. The second-order valence-electron chi connectivity index (χ2n) is 8.25. The molecule has 0 aliphatic rings. The number of nitrogens with zero attached hydrogens (tertiary/aromatic N) is 1. The number of aryl methyl sites for hydroxylation is 1. The van der Waals surface area contributed by atoms with Gasteiger partial charge in [0.15, 0.2) is 0 Å². The van der Waals surface area contributed by atoms with Gasteiger partial charge in [0.05, 0.1) is 5.52 Å². The van der Waals surface area contributed by atoms with Crippen LogP contribution in [0.1, 0.15) is 16.7 Å². The fourth-order valence-electron chi connectivity index (χ4n) is 4.19. The van der Waals surface area contributed by atoms with E-state index in [4.69, 9.17) is 0 Å². The molecule has 1 amide bonds. The second kappa shape index (κ2) is 9.13. The molecule has 2 aromatic heterocycles. The first kappa shape index (κ1) is 23.0. The number of aromatic nitrogens is 1. The van der Waals surface area contributed by atoms with Gasteiger partial charge in [-0.2, -0.15) is 0 Å². The van der Waals surface area contributed by atoms with Gasteiger partial charge < -0.3 is 4.57 Å². The molecular formula is C27H21FN2O3S2. The Morgan fingerprint density at radius 2 is 1.86 bits per heavy atom. The number of hydrogen-bond donors (Lipinski definition) is 1. The molecule has 0 radical (unpaired) electrons. The lowest BCUT2D eigenvalue weighted by atomic mass is 10.1. The molecule has 0 bridgehead atoms. The quantitative estimate of drug-likeness (QED) is 0.294. The molecule has 5 rings (SSSR count). The van der Waals surface area contributed by atoms with Crippen molar-refractivity contribution in [2.75, 3.05) is 0 Å². The molecular weight excluding hydrogens is 483 g/mol. The summed E-state index contributed by atoms with van der Waals surface area (Å²) in [4.78, 5) is 12.4. The SMILES string of the molecule is Cc1cn(Cc2ccc3ccccc3c2)c2c(/C=C/C(=O)NS(=O)(=O)c3cccs3)cc(F)cc12. The van der Waals surface area contributed by atoms with Crippen LogP contribution in [0.15, 0.2) is 88.6 Å². The van der Waals surface area contributed by atoms with Gasteiger partial charge in [-0.25, -0.2) is 17.5 Å². The highest BCUT2D eigenvalue weighted by atomic mass is 32.2. The van der Waals surface area contributed by atoms with Crippen molar-refractivity contribution in [3.63, 3.8) is 0 Å². The lowest BCUT2D eigenvalue weighted by Gasteiger charge is -2.10. The van der Waals surface area contributed by atoms with Gasteiger partial charge in [0, 0.05) is 29.8 Å². The summed E-state index contributed by atoms with van der Waals surface area (Å²) in [7, 11) is -3.95. The van der Waals surface area contributed by atoms with Crippen LogP contribution in [0.4, 0.5) is 4.39 Å². The van der Waals surface area contributed by atoms with E-state index in [1.165, 1.54) is 24.3 Å². The van der Waals surface area contributed by atoms with Crippen LogP contribution in [-0.4, -0.2) is 18.9 Å². The Balaban J connectivity index is 1.49. The van der Waals surface area contributed by atoms with Crippen LogP contribution >= 0.6 is 11.3 Å². The Bertz CT molecular complexity index is 1700. The number of hydrogen-bond acceptors (Lipinski definition) is 4. The van der Waals surface area contributed by atoms with Crippen molar-refractivity contribution in [3.05, 3.63) is 107 Å². The predicted octanol–water partition coefficient (Wildman–Crippen LogP) is 5.87. The Labute approximate surface area is 206 Å². The molecule has 5 aromatic rings. The van der Waals surface area contributed by atoms with Crippen LogP contribution in [0.3, 0.4) is 0 Å². The van der Waals surface area contributed by atoms with E-state index in [0.717, 1.165) is 50.2 Å². The largest absolute Gasteiger partial charge is 0.342 e. The average Bonchev–Trinajstić information content (AvgIpc) is 3.47. The Morgan fingerprint density at radius 1 is 1.06 bits per heavy atom. The normalized spacial score (nSPS) is 12.1. The van der Waals surface area contributed by atoms with Crippen molar-refractivity contribution < 1.29 is 17.6 Å². The summed E-state index contributed by atoms with van der Waals surface area (Å²) >= 11 is 1.02. The minimum Gasteiger partial charge on any atom is -0.342 e. The number of carbonyl (C=O) groups is 1. The van der Waals surface area contributed by atoms with Gasteiger partial charge in [0.1, 0.15) is 10.0 Å². The minimum atomic E-state index is -3.95. The van der Waals surface area contributed by atoms with Crippen molar-refractivity contribution in [2.45, 2.75) is 17.7 Å². The number of benzene rings is 3. The van der Waals surface area contributed by atoms with Crippen LogP contribution in [0.25, 0.3) is 27.8 Å². The summed E-state index contributed by atoms with van der Waals surface area (Å²) in [6.07, 6.45) is 4.51. The summed E-state index contributed by atoms with van der Waals surface area (Å²) < 4.78 is 43.2. The van der Waals surface area contributed by atoms with E-state index in [1.54, 1.807) is 11.4 Å². The molecule has 0 saturated carbocycles. The van der Waals surface area contributed by atoms with Gasteiger partial charge in [-0.05, 0) is 64.5 Å². The third kappa shape index (κ3) is 4.76. The van der Waals surface area contributed by atoms with Gasteiger partial charge in [0.25, 0.3) is 15.9 Å². The van der Waals surface area contributed by atoms with E-state index in [-0.39, 0.29) is 4.21 Å². The van der Waals surface area contributed by atoms with E-state index in [2.05, 4.69) is 30.3 Å². The molecule has 3 aromatic carbocycles. The summed E-state index contributed by atoms with van der Waals surface area (Å²) in [5, 5.41) is 4.63. The Morgan fingerprint density at radius 3 is 2.63 bits per heavy atom. The lowest BCUT2D eigenvalue weighted by molar-refractivity contribution is -0.114. The number of rotatable bonds is 6.